The third-order valence-corrected chi connectivity index (χ3v) is 0. The van der Waals surface area contributed by atoms with Gasteiger partial charge in [-0.25, -0.2) is 4.57 Å². The molecule has 0 aromatic rings. The van der Waals surface area contributed by atoms with Crippen molar-refractivity contribution in [2.24, 2.45) is 0 Å². The normalized spacial score (nSPS) is 8.64. The van der Waals surface area contributed by atoms with Crippen LogP contribution in [0.25, 0.3) is 0 Å². The van der Waals surface area contributed by atoms with Crippen molar-refractivity contribution in [3.05, 3.63) is 0 Å². The maximum atomic E-state index is 8.88. The van der Waals surface area contributed by atoms with E-state index in [2.05, 4.69) is 0 Å². The SMILES string of the molecule is O=P(O)(O)O.[Na+].[Na+].[O-]P([O-])O. The van der Waals surface area contributed by atoms with Gasteiger partial charge in [-0.3, -0.25) is 0 Å². The molecule has 0 unspecified atom stereocenters. The van der Waals surface area contributed by atoms with E-state index in [-0.39, 0.29) is 59.1 Å². The molecule has 0 saturated heterocycles. The molecule has 0 amide bonds. The van der Waals surface area contributed by atoms with Crippen molar-refractivity contribution in [2.75, 3.05) is 0 Å². The topological polar surface area (TPSA) is 144 Å². The molecule has 4 N–H and O–H groups in total. The third kappa shape index (κ3) is 230. The first-order valence-corrected chi connectivity index (χ1v) is 4.04. The predicted octanol–water partition coefficient (Wildman–Crippen LogP) is -8.99. The Labute approximate surface area is 108 Å². The molecule has 7 nitrogen and oxygen atoms in total. The fourth-order valence-electron chi connectivity index (χ4n) is 0. The van der Waals surface area contributed by atoms with Crippen molar-refractivity contribution in [2.45, 2.75) is 0 Å². The summed E-state index contributed by atoms with van der Waals surface area (Å²) in [6.45, 7) is 0. The van der Waals surface area contributed by atoms with Crippen LogP contribution in [0.1, 0.15) is 0 Å². The Kier molecular flexibility index (Phi) is 26.3. The molecular weight excluding hydrogens is 220 g/mol. The Balaban J connectivity index is -0.0000000383. The largest absolute Gasteiger partial charge is 1.00 e. The second-order valence-electron chi connectivity index (χ2n) is 0.751. The molecule has 0 heterocycles. The van der Waals surface area contributed by atoms with E-state index in [1.807, 2.05) is 0 Å². The smallest absolute Gasteiger partial charge is 0.820 e. The summed E-state index contributed by atoms with van der Waals surface area (Å²) >= 11 is 0. The van der Waals surface area contributed by atoms with Crippen LogP contribution < -0.4 is 68.9 Å². The minimum Gasteiger partial charge on any atom is -0.820 e. The summed E-state index contributed by atoms with van der Waals surface area (Å²) in [5.74, 6) is 0. The van der Waals surface area contributed by atoms with E-state index in [0.717, 1.165) is 0 Å². The van der Waals surface area contributed by atoms with Gasteiger partial charge in [0.25, 0.3) is 0 Å². The molecule has 11 heteroatoms. The zero-order valence-corrected chi connectivity index (χ0v) is 11.7. The van der Waals surface area contributed by atoms with Gasteiger partial charge in [-0.1, -0.05) is 0 Å². The van der Waals surface area contributed by atoms with Crippen molar-refractivity contribution in [1.29, 1.82) is 0 Å². The summed E-state index contributed by atoms with van der Waals surface area (Å²) in [6, 6.07) is 0. The van der Waals surface area contributed by atoms with Crippen molar-refractivity contribution in [3.63, 3.8) is 0 Å². The third-order valence-electron chi connectivity index (χ3n) is 0. The fraction of sp³-hybridized carbons (Fsp3) is 0. The number of hydrogen-bond acceptors (Lipinski definition) is 4. The van der Waals surface area contributed by atoms with Crippen LogP contribution in [0.3, 0.4) is 0 Å². The minimum absolute atomic E-state index is 0. The summed E-state index contributed by atoms with van der Waals surface area (Å²) in [5, 5.41) is 0. The predicted molar refractivity (Wildman–Crippen MR) is 23.4 cm³/mol. The molecule has 0 fully saturated rings. The van der Waals surface area contributed by atoms with Gasteiger partial charge in [-0.2, -0.15) is 8.60 Å². The minimum atomic E-state index is -4.64. The van der Waals surface area contributed by atoms with Crippen LogP contribution in [0.5, 0.6) is 0 Å². The van der Waals surface area contributed by atoms with Crippen LogP contribution in [0.15, 0.2) is 0 Å². The number of phosphoric acid groups is 1. The van der Waals surface area contributed by atoms with E-state index in [9.17, 15) is 0 Å². The second kappa shape index (κ2) is 12.4. The van der Waals surface area contributed by atoms with Gasteiger partial charge in [0.05, 0.1) is 0 Å². The average molecular weight is 224 g/mol. The van der Waals surface area contributed by atoms with Crippen molar-refractivity contribution in [3.8, 4) is 0 Å². The molecule has 11 heavy (non-hydrogen) atoms. The molecule has 0 rings (SSSR count). The van der Waals surface area contributed by atoms with E-state index >= 15 is 0 Å². The van der Waals surface area contributed by atoms with Gasteiger partial charge in [-0.15, -0.1) is 0 Å². The van der Waals surface area contributed by atoms with E-state index in [1.54, 1.807) is 0 Å². The van der Waals surface area contributed by atoms with Gasteiger partial charge in [-0.05, 0) is 0 Å². The Bertz CT molecular complexity index is 85.6. The van der Waals surface area contributed by atoms with Gasteiger partial charge < -0.3 is 29.4 Å². The van der Waals surface area contributed by atoms with E-state index in [4.69, 9.17) is 33.9 Å². The second-order valence-corrected chi connectivity index (χ2v) is 2.25. The molecule has 0 atom stereocenters. The number of hydrogen-bond donors (Lipinski definition) is 4. The summed E-state index contributed by atoms with van der Waals surface area (Å²) in [4.78, 5) is 45.8. The van der Waals surface area contributed by atoms with Crippen molar-refractivity contribution >= 4 is 16.4 Å². The van der Waals surface area contributed by atoms with E-state index < -0.39 is 16.4 Å². The maximum absolute atomic E-state index is 8.88. The van der Waals surface area contributed by atoms with Gasteiger partial charge in [0.1, 0.15) is 0 Å². The van der Waals surface area contributed by atoms with Crippen LogP contribution in [-0.2, 0) is 4.57 Å². The quantitative estimate of drug-likeness (QED) is 0.236. The van der Waals surface area contributed by atoms with Gasteiger partial charge in [0, 0.05) is 0 Å². The fourth-order valence-corrected chi connectivity index (χ4v) is 0. The molecule has 0 bridgehead atoms. The summed E-state index contributed by atoms with van der Waals surface area (Å²) in [7, 11) is -7.76. The Morgan fingerprint density at radius 3 is 1.09 bits per heavy atom. The Morgan fingerprint density at radius 1 is 1.09 bits per heavy atom. The first-order valence-electron chi connectivity index (χ1n) is 1.35. The summed E-state index contributed by atoms with van der Waals surface area (Å²) < 4.78 is 8.88. The Hall–Kier alpha value is 2.42. The maximum Gasteiger partial charge on any atom is 1.00 e. The van der Waals surface area contributed by atoms with Crippen LogP contribution >= 0.6 is 16.4 Å². The van der Waals surface area contributed by atoms with E-state index in [1.165, 1.54) is 0 Å². The molecule has 0 aromatic carbocycles. The van der Waals surface area contributed by atoms with Crippen LogP contribution in [0.2, 0.25) is 0 Å². The van der Waals surface area contributed by atoms with Gasteiger partial charge >= 0.3 is 66.9 Å². The molecule has 0 aliphatic rings. The van der Waals surface area contributed by atoms with Crippen molar-refractivity contribution in [1.82, 2.24) is 0 Å². The first-order chi connectivity index (χ1) is 3.73. The average Bonchev–Trinajstić information content (AvgIpc) is 1.19. The first kappa shape index (κ1) is 23.3. The molecule has 0 aliphatic carbocycles. The molecule has 0 aliphatic heterocycles. The van der Waals surface area contributed by atoms with Crippen molar-refractivity contribution < 1.29 is 93.0 Å². The summed E-state index contributed by atoms with van der Waals surface area (Å²) in [5.41, 5.74) is 0. The van der Waals surface area contributed by atoms with Crippen LogP contribution in [0, 0.1) is 0 Å². The molecule has 0 radical (unpaired) electrons. The van der Waals surface area contributed by atoms with Crippen LogP contribution in [0.4, 0.5) is 0 Å². The zero-order valence-electron chi connectivity index (χ0n) is 5.91. The zero-order chi connectivity index (χ0) is 8.08. The molecule has 58 valence electrons. The monoisotopic (exact) mass is 224 g/mol. The molecular formula is H4Na2O7P2. The molecule has 0 aromatic heterocycles. The van der Waals surface area contributed by atoms with Gasteiger partial charge in [0.15, 0.2) is 0 Å². The summed E-state index contributed by atoms with van der Waals surface area (Å²) in [6.07, 6.45) is 0. The Morgan fingerprint density at radius 2 is 1.09 bits per heavy atom. The molecule has 0 spiro atoms. The van der Waals surface area contributed by atoms with Crippen LogP contribution in [-0.4, -0.2) is 19.6 Å². The standard InChI is InChI=1S/2Na.H3O4P.HO3P/c;;1-5(2,3)4;1-4(2)3/h;;(H3,1,2,3,4);1H/q2*+1;;-2. The molecule has 0 saturated carbocycles. The van der Waals surface area contributed by atoms with E-state index in [0.29, 0.717) is 0 Å². The number of rotatable bonds is 0. The van der Waals surface area contributed by atoms with Gasteiger partial charge in [0.2, 0.25) is 0 Å².